The van der Waals surface area contributed by atoms with Crippen molar-refractivity contribution in [1.82, 2.24) is 19.5 Å². The molecule has 0 saturated carbocycles. The fourth-order valence-electron chi connectivity index (χ4n) is 3.24. The molecule has 3 rings (SSSR count). The molecule has 2 unspecified atom stereocenters. The summed E-state index contributed by atoms with van der Waals surface area (Å²) in [6.07, 6.45) is 3.44. The number of likely N-dealkylation sites (tertiary alicyclic amines) is 1. The normalized spacial score (nSPS) is 25.5. The van der Waals surface area contributed by atoms with Crippen LogP contribution in [-0.4, -0.2) is 66.8 Å². The monoisotopic (exact) mass is 376 g/mol. The van der Waals surface area contributed by atoms with Gasteiger partial charge < -0.3 is 15.2 Å². The van der Waals surface area contributed by atoms with Crippen molar-refractivity contribution < 1.29 is 13.2 Å². The fraction of sp³-hybridized carbons (Fsp3) is 0.667. The second-order valence-electron chi connectivity index (χ2n) is 6.35. The van der Waals surface area contributed by atoms with Crippen molar-refractivity contribution in [2.75, 3.05) is 26.2 Å². The van der Waals surface area contributed by atoms with E-state index in [1.165, 1.54) is 16.6 Å². The quantitative estimate of drug-likeness (QED) is 0.825. The Balaban J connectivity index is 0.00000208. The van der Waals surface area contributed by atoms with Gasteiger partial charge in [0.15, 0.2) is 0 Å². The molecule has 2 N–H and O–H groups in total. The van der Waals surface area contributed by atoms with E-state index in [0.29, 0.717) is 18.8 Å². The van der Waals surface area contributed by atoms with E-state index in [1.807, 2.05) is 13.8 Å². The van der Waals surface area contributed by atoms with Gasteiger partial charge in [0, 0.05) is 44.5 Å². The van der Waals surface area contributed by atoms with Crippen molar-refractivity contribution in [2.45, 2.75) is 43.7 Å². The number of sulfonamides is 1. The molecule has 24 heavy (non-hydrogen) atoms. The molecular weight excluding hydrogens is 352 g/mol. The van der Waals surface area contributed by atoms with E-state index < -0.39 is 10.0 Å². The fourth-order valence-corrected chi connectivity index (χ4v) is 4.94. The molecule has 2 saturated heterocycles. The van der Waals surface area contributed by atoms with Gasteiger partial charge in [-0.2, -0.15) is 4.31 Å². The molecule has 0 aromatic carbocycles. The van der Waals surface area contributed by atoms with Gasteiger partial charge in [-0.3, -0.25) is 4.79 Å². The van der Waals surface area contributed by atoms with Gasteiger partial charge >= 0.3 is 0 Å². The Morgan fingerprint density at radius 1 is 1.21 bits per heavy atom. The topological polar surface area (TPSA) is 85.5 Å². The number of H-pyrrole nitrogens is 1. The third kappa shape index (κ3) is 3.46. The van der Waals surface area contributed by atoms with Crippen LogP contribution in [0, 0.1) is 0 Å². The number of hydrogen-bond donors (Lipinski definition) is 2. The lowest BCUT2D eigenvalue weighted by molar-refractivity contribution is 0.0787. The van der Waals surface area contributed by atoms with Crippen LogP contribution in [0.25, 0.3) is 0 Å². The van der Waals surface area contributed by atoms with E-state index >= 15 is 0 Å². The maximum Gasteiger partial charge on any atom is 0.270 e. The number of nitrogens with one attached hydrogen (secondary N) is 2. The predicted octanol–water partition coefficient (Wildman–Crippen LogP) is 1.04. The zero-order chi connectivity index (χ0) is 16.6. The molecule has 2 atom stereocenters. The van der Waals surface area contributed by atoms with Gasteiger partial charge in [0.2, 0.25) is 10.0 Å². The molecule has 0 spiro atoms. The van der Waals surface area contributed by atoms with Crippen LogP contribution in [-0.2, 0) is 10.0 Å². The van der Waals surface area contributed by atoms with Crippen LogP contribution in [0.4, 0.5) is 0 Å². The van der Waals surface area contributed by atoms with E-state index in [-0.39, 0.29) is 35.3 Å². The molecule has 1 amide bonds. The Morgan fingerprint density at radius 3 is 2.54 bits per heavy atom. The maximum absolute atomic E-state index is 12.9. The zero-order valence-corrected chi connectivity index (χ0v) is 15.6. The summed E-state index contributed by atoms with van der Waals surface area (Å²) < 4.78 is 27.2. The Bertz CT molecular complexity index is 685. The first-order valence-electron chi connectivity index (χ1n) is 8.14. The first kappa shape index (κ1) is 19.2. The number of nitrogens with zero attached hydrogens (tertiary/aromatic N) is 2. The molecule has 2 fully saturated rings. The predicted molar refractivity (Wildman–Crippen MR) is 94.0 cm³/mol. The van der Waals surface area contributed by atoms with Gasteiger partial charge in [0.25, 0.3) is 5.91 Å². The minimum Gasteiger partial charge on any atom is -0.356 e. The second kappa shape index (κ2) is 7.43. The van der Waals surface area contributed by atoms with Crippen LogP contribution in [0.5, 0.6) is 0 Å². The summed E-state index contributed by atoms with van der Waals surface area (Å²) in [4.78, 5) is 17.1. The van der Waals surface area contributed by atoms with Crippen LogP contribution in [0.1, 0.15) is 37.2 Å². The van der Waals surface area contributed by atoms with E-state index in [1.54, 1.807) is 4.90 Å². The summed E-state index contributed by atoms with van der Waals surface area (Å²) in [5.74, 6) is -0.120. The van der Waals surface area contributed by atoms with Gasteiger partial charge in [0.05, 0.1) is 0 Å². The average molecular weight is 377 g/mol. The minimum absolute atomic E-state index is 0. The SMILES string of the molecule is CC1NCCN(S(=O)(=O)c2c[nH]c(C(=O)N3CCCC3)c2)C1C.Cl. The number of amides is 1. The van der Waals surface area contributed by atoms with Gasteiger partial charge in [0.1, 0.15) is 10.6 Å². The van der Waals surface area contributed by atoms with Crippen molar-refractivity contribution in [3.8, 4) is 0 Å². The lowest BCUT2D eigenvalue weighted by Gasteiger charge is -2.37. The molecule has 7 nitrogen and oxygen atoms in total. The summed E-state index contributed by atoms with van der Waals surface area (Å²) in [5, 5.41) is 3.27. The minimum atomic E-state index is -3.59. The highest BCUT2D eigenvalue weighted by Crippen LogP contribution is 2.23. The van der Waals surface area contributed by atoms with Gasteiger partial charge in [-0.05, 0) is 32.8 Å². The first-order valence-corrected chi connectivity index (χ1v) is 9.58. The standard InChI is InChI=1S/C15H24N4O3S.ClH/c1-11-12(2)19(8-5-16-11)23(21,22)13-9-14(17-10-13)15(20)18-6-3-4-7-18;/h9-12,16-17H,3-8H2,1-2H3;1H. The number of hydrogen-bond acceptors (Lipinski definition) is 4. The number of carbonyl (C=O) groups is 1. The van der Waals surface area contributed by atoms with Crippen molar-refractivity contribution in [3.05, 3.63) is 18.0 Å². The largest absolute Gasteiger partial charge is 0.356 e. The van der Waals surface area contributed by atoms with Crippen LogP contribution in [0.15, 0.2) is 17.2 Å². The summed E-state index contributed by atoms with van der Waals surface area (Å²) in [5.41, 5.74) is 0.348. The number of carbonyl (C=O) groups excluding carboxylic acids is 1. The number of piperazine rings is 1. The number of aromatic amines is 1. The first-order chi connectivity index (χ1) is 10.9. The van der Waals surface area contributed by atoms with E-state index in [0.717, 1.165) is 25.9 Å². The molecular formula is C15H25ClN4O3S. The van der Waals surface area contributed by atoms with Gasteiger partial charge in [-0.15, -0.1) is 12.4 Å². The molecule has 2 aliphatic heterocycles. The lowest BCUT2D eigenvalue weighted by atomic mass is 10.1. The van der Waals surface area contributed by atoms with Crippen molar-refractivity contribution in [3.63, 3.8) is 0 Å². The van der Waals surface area contributed by atoms with Crippen molar-refractivity contribution in [2.24, 2.45) is 0 Å². The zero-order valence-electron chi connectivity index (χ0n) is 14.0. The highest BCUT2D eigenvalue weighted by atomic mass is 35.5. The number of rotatable bonds is 3. The molecule has 1 aromatic heterocycles. The Labute approximate surface area is 149 Å². The third-order valence-electron chi connectivity index (χ3n) is 4.86. The number of aromatic nitrogens is 1. The van der Waals surface area contributed by atoms with E-state index in [9.17, 15) is 13.2 Å². The highest BCUT2D eigenvalue weighted by Gasteiger charge is 2.35. The molecule has 9 heteroatoms. The average Bonchev–Trinajstić information content (AvgIpc) is 3.20. The molecule has 2 aliphatic rings. The molecule has 0 radical (unpaired) electrons. The molecule has 136 valence electrons. The summed E-state index contributed by atoms with van der Waals surface area (Å²) in [6, 6.07) is 1.44. The van der Waals surface area contributed by atoms with Crippen LogP contribution >= 0.6 is 12.4 Å². The Hall–Kier alpha value is -1.09. The second-order valence-corrected chi connectivity index (χ2v) is 8.24. The lowest BCUT2D eigenvalue weighted by Crippen LogP contribution is -2.56. The van der Waals surface area contributed by atoms with E-state index in [4.69, 9.17) is 0 Å². The Morgan fingerprint density at radius 2 is 1.88 bits per heavy atom. The van der Waals surface area contributed by atoms with Crippen LogP contribution < -0.4 is 5.32 Å². The summed E-state index contributed by atoms with van der Waals surface area (Å²) >= 11 is 0. The Kier molecular flexibility index (Phi) is 5.95. The summed E-state index contributed by atoms with van der Waals surface area (Å²) in [6.45, 7) is 6.44. The van der Waals surface area contributed by atoms with Crippen LogP contribution in [0.3, 0.4) is 0 Å². The van der Waals surface area contributed by atoms with Gasteiger partial charge in [-0.1, -0.05) is 0 Å². The van der Waals surface area contributed by atoms with Crippen molar-refractivity contribution in [1.29, 1.82) is 0 Å². The molecule has 0 aliphatic carbocycles. The molecule has 0 bridgehead atoms. The molecule has 1 aromatic rings. The van der Waals surface area contributed by atoms with Crippen molar-refractivity contribution >= 4 is 28.3 Å². The number of halogens is 1. The van der Waals surface area contributed by atoms with Gasteiger partial charge in [-0.25, -0.2) is 8.42 Å². The highest BCUT2D eigenvalue weighted by molar-refractivity contribution is 7.89. The summed E-state index contributed by atoms with van der Waals surface area (Å²) in [7, 11) is -3.59. The smallest absolute Gasteiger partial charge is 0.270 e. The van der Waals surface area contributed by atoms with E-state index in [2.05, 4.69) is 10.3 Å². The maximum atomic E-state index is 12.9. The molecule has 3 heterocycles. The third-order valence-corrected chi connectivity index (χ3v) is 6.83. The van der Waals surface area contributed by atoms with Crippen LogP contribution in [0.2, 0.25) is 0 Å².